The van der Waals surface area contributed by atoms with Crippen LogP contribution in [-0.4, -0.2) is 36.3 Å². The molecule has 18 heavy (non-hydrogen) atoms. The first-order chi connectivity index (χ1) is 8.56. The van der Waals surface area contributed by atoms with Crippen LogP contribution >= 0.6 is 0 Å². The molecule has 0 amide bonds. The van der Waals surface area contributed by atoms with E-state index in [-0.39, 0.29) is 6.04 Å². The van der Waals surface area contributed by atoms with E-state index in [0.717, 1.165) is 17.8 Å². The quantitative estimate of drug-likeness (QED) is 0.772. The molecule has 102 valence electrons. The zero-order valence-corrected chi connectivity index (χ0v) is 11.7. The van der Waals surface area contributed by atoms with Gasteiger partial charge in [-0.25, -0.2) is 9.97 Å². The first-order valence-corrected chi connectivity index (χ1v) is 6.38. The fraction of sp³-hybridized carbons (Fsp3) is 0.692. The van der Waals surface area contributed by atoms with Gasteiger partial charge in [-0.1, -0.05) is 13.8 Å². The molecule has 5 heteroatoms. The van der Waals surface area contributed by atoms with Gasteiger partial charge in [0.1, 0.15) is 0 Å². The normalized spacial score (nSPS) is 12.8. The highest BCUT2D eigenvalue weighted by atomic mass is 16.5. The molecule has 5 nitrogen and oxygen atoms in total. The summed E-state index contributed by atoms with van der Waals surface area (Å²) in [5, 5.41) is 3.29. The summed E-state index contributed by atoms with van der Waals surface area (Å²) >= 11 is 0. The number of ether oxygens (including phenoxy) is 1. The predicted molar refractivity (Wildman–Crippen MR) is 73.8 cm³/mol. The number of methoxy groups -OCH3 is 1. The predicted octanol–water partition coefficient (Wildman–Crippen LogP) is 1.68. The summed E-state index contributed by atoms with van der Waals surface area (Å²) < 4.78 is 5.16. The minimum Gasteiger partial charge on any atom is -0.383 e. The van der Waals surface area contributed by atoms with Gasteiger partial charge in [-0.2, -0.15) is 0 Å². The van der Waals surface area contributed by atoms with Crippen LogP contribution in [0.5, 0.6) is 0 Å². The van der Waals surface area contributed by atoms with Crippen molar-refractivity contribution < 1.29 is 4.74 Å². The standard InChI is InChI=1S/C13H24N4O/c1-9(2)12-7-10(3)15-13(17-12)16-11(5-6-14)8-18-4/h7,9,11H,5-6,8,14H2,1-4H3,(H,15,16,17). The maximum atomic E-state index is 5.59. The molecular weight excluding hydrogens is 228 g/mol. The molecule has 3 N–H and O–H groups in total. The number of aromatic nitrogens is 2. The van der Waals surface area contributed by atoms with Gasteiger partial charge in [0.05, 0.1) is 12.6 Å². The molecule has 0 aromatic carbocycles. The largest absolute Gasteiger partial charge is 0.383 e. The Morgan fingerprint density at radius 3 is 2.67 bits per heavy atom. The molecule has 0 saturated heterocycles. The number of aryl methyl sites for hydroxylation is 1. The van der Waals surface area contributed by atoms with Gasteiger partial charge in [0.15, 0.2) is 0 Å². The molecule has 0 saturated carbocycles. The van der Waals surface area contributed by atoms with Crippen LogP contribution in [0, 0.1) is 6.92 Å². The Labute approximate surface area is 109 Å². The Bertz CT molecular complexity index is 362. The Morgan fingerprint density at radius 2 is 2.11 bits per heavy atom. The highest BCUT2D eigenvalue weighted by molar-refractivity contribution is 5.30. The molecule has 1 aromatic rings. The highest BCUT2D eigenvalue weighted by Crippen LogP contribution is 2.15. The fourth-order valence-electron chi connectivity index (χ4n) is 1.74. The maximum Gasteiger partial charge on any atom is 0.223 e. The molecule has 0 fully saturated rings. The second-order valence-corrected chi connectivity index (χ2v) is 4.79. The second kappa shape index (κ2) is 7.28. The highest BCUT2D eigenvalue weighted by Gasteiger charge is 2.11. The topological polar surface area (TPSA) is 73.1 Å². The minimum atomic E-state index is 0.154. The van der Waals surface area contributed by atoms with E-state index >= 15 is 0 Å². The van der Waals surface area contributed by atoms with Crippen LogP contribution in [0.2, 0.25) is 0 Å². The molecule has 0 aliphatic carbocycles. The van der Waals surface area contributed by atoms with Crippen LogP contribution in [0.15, 0.2) is 6.07 Å². The summed E-state index contributed by atoms with van der Waals surface area (Å²) in [6, 6.07) is 2.17. The van der Waals surface area contributed by atoms with Crippen molar-refractivity contribution in [3.05, 3.63) is 17.5 Å². The molecule has 0 aliphatic heterocycles. The number of anilines is 1. The zero-order chi connectivity index (χ0) is 13.5. The van der Waals surface area contributed by atoms with Gasteiger partial charge in [-0.15, -0.1) is 0 Å². The third-order valence-electron chi connectivity index (χ3n) is 2.68. The SMILES string of the molecule is COCC(CCN)Nc1nc(C)cc(C(C)C)n1. The summed E-state index contributed by atoms with van der Waals surface area (Å²) in [4.78, 5) is 8.92. The minimum absolute atomic E-state index is 0.154. The van der Waals surface area contributed by atoms with E-state index in [9.17, 15) is 0 Å². The number of nitrogens with zero attached hydrogens (tertiary/aromatic N) is 2. The summed E-state index contributed by atoms with van der Waals surface area (Å²) in [5.41, 5.74) is 7.61. The van der Waals surface area contributed by atoms with Gasteiger partial charge in [0, 0.05) is 18.5 Å². The second-order valence-electron chi connectivity index (χ2n) is 4.79. The fourth-order valence-corrected chi connectivity index (χ4v) is 1.74. The molecule has 1 aromatic heterocycles. The molecule has 0 spiro atoms. The Morgan fingerprint density at radius 1 is 1.39 bits per heavy atom. The number of nitrogens with two attached hydrogens (primary N) is 1. The van der Waals surface area contributed by atoms with Gasteiger partial charge >= 0.3 is 0 Å². The lowest BCUT2D eigenvalue weighted by Crippen LogP contribution is -2.29. The van der Waals surface area contributed by atoms with Crippen molar-refractivity contribution in [3.8, 4) is 0 Å². The van der Waals surface area contributed by atoms with E-state index < -0.39 is 0 Å². The van der Waals surface area contributed by atoms with Crippen LogP contribution in [-0.2, 0) is 4.74 Å². The van der Waals surface area contributed by atoms with E-state index in [1.165, 1.54) is 0 Å². The van der Waals surface area contributed by atoms with Crippen LogP contribution in [0.25, 0.3) is 0 Å². The van der Waals surface area contributed by atoms with E-state index in [2.05, 4.69) is 29.1 Å². The third kappa shape index (κ3) is 4.58. The third-order valence-corrected chi connectivity index (χ3v) is 2.68. The van der Waals surface area contributed by atoms with Crippen molar-refractivity contribution >= 4 is 5.95 Å². The van der Waals surface area contributed by atoms with Gasteiger partial charge in [0.25, 0.3) is 0 Å². The number of rotatable bonds is 7. The summed E-state index contributed by atoms with van der Waals surface area (Å²) in [7, 11) is 1.68. The van der Waals surface area contributed by atoms with Crippen molar-refractivity contribution in [3.63, 3.8) is 0 Å². The average Bonchev–Trinajstić information content (AvgIpc) is 2.28. The average molecular weight is 252 g/mol. The molecule has 1 atom stereocenters. The maximum absolute atomic E-state index is 5.59. The number of hydrogen-bond donors (Lipinski definition) is 2. The van der Waals surface area contributed by atoms with Crippen molar-refractivity contribution in [1.82, 2.24) is 9.97 Å². The molecule has 0 radical (unpaired) electrons. The van der Waals surface area contributed by atoms with E-state index in [1.54, 1.807) is 7.11 Å². The van der Waals surface area contributed by atoms with Crippen LogP contribution in [0.1, 0.15) is 37.6 Å². The van der Waals surface area contributed by atoms with Crippen LogP contribution in [0.3, 0.4) is 0 Å². The van der Waals surface area contributed by atoms with Crippen molar-refractivity contribution in [1.29, 1.82) is 0 Å². The summed E-state index contributed by atoms with van der Waals surface area (Å²) in [5.74, 6) is 1.05. The molecular formula is C13H24N4O. The number of nitrogens with one attached hydrogen (secondary N) is 1. The molecule has 1 heterocycles. The van der Waals surface area contributed by atoms with Crippen molar-refractivity contribution in [2.75, 3.05) is 25.6 Å². The zero-order valence-electron chi connectivity index (χ0n) is 11.7. The molecule has 0 aliphatic rings. The van der Waals surface area contributed by atoms with Crippen LogP contribution < -0.4 is 11.1 Å². The lowest BCUT2D eigenvalue weighted by Gasteiger charge is -2.18. The molecule has 1 rings (SSSR count). The van der Waals surface area contributed by atoms with E-state index in [1.807, 2.05) is 13.0 Å². The summed E-state index contributed by atoms with van der Waals surface area (Å²) in [6.07, 6.45) is 0.835. The molecule has 1 unspecified atom stereocenters. The Balaban J connectivity index is 2.81. The molecule has 0 bridgehead atoms. The van der Waals surface area contributed by atoms with Crippen molar-refractivity contribution in [2.24, 2.45) is 5.73 Å². The van der Waals surface area contributed by atoms with Gasteiger partial charge in [-0.3, -0.25) is 0 Å². The van der Waals surface area contributed by atoms with Gasteiger partial charge < -0.3 is 15.8 Å². The first kappa shape index (κ1) is 14.9. The lowest BCUT2D eigenvalue weighted by atomic mass is 10.1. The van der Waals surface area contributed by atoms with E-state index in [4.69, 9.17) is 10.5 Å². The summed E-state index contributed by atoms with van der Waals surface area (Å²) in [6.45, 7) is 7.44. The lowest BCUT2D eigenvalue weighted by molar-refractivity contribution is 0.183. The van der Waals surface area contributed by atoms with Crippen LogP contribution in [0.4, 0.5) is 5.95 Å². The van der Waals surface area contributed by atoms with Gasteiger partial charge in [0.2, 0.25) is 5.95 Å². The van der Waals surface area contributed by atoms with Crippen molar-refractivity contribution in [2.45, 2.75) is 39.2 Å². The Hall–Kier alpha value is -1.20. The van der Waals surface area contributed by atoms with Gasteiger partial charge in [-0.05, 0) is 31.9 Å². The van der Waals surface area contributed by atoms with E-state index in [0.29, 0.717) is 25.0 Å². The monoisotopic (exact) mass is 252 g/mol. The number of hydrogen-bond acceptors (Lipinski definition) is 5. The smallest absolute Gasteiger partial charge is 0.223 e. The first-order valence-electron chi connectivity index (χ1n) is 6.38. The Kier molecular flexibility index (Phi) is 6.01.